The maximum atomic E-state index is 13.2. The summed E-state index contributed by atoms with van der Waals surface area (Å²) in [5, 5.41) is 3.39. The average Bonchev–Trinajstić information content (AvgIpc) is 2.74. The SMILES string of the molecule is O=C(Nc1cnccn1)N1c2nc(-c3cncc(Cl)c3)ccc2N2CCC[C@H]1C2. The average molecular weight is 408 g/mol. The van der Waals surface area contributed by atoms with Crippen molar-refractivity contribution >= 4 is 35.0 Å². The largest absolute Gasteiger partial charge is 0.366 e. The first-order chi connectivity index (χ1) is 14.2. The number of carbonyl (C=O) groups excluding carboxylic acids is 1. The number of amides is 2. The number of piperidine rings is 1. The lowest BCUT2D eigenvalue weighted by molar-refractivity contribution is 0.252. The van der Waals surface area contributed by atoms with Gasteiger partial charge in [0.2, 0.25) is 0 Å². The van der Waals surface area contributed by atoms with Crippen LogP contribution in [-0.4, -0.2) is 45.1 Å². The van der Waals surface area contributed by atoms with E-state index in [9.17, 15) is 4.79 Å². The molecule has 0 unspecified atom stereocenters. The van der Waals surface area contributed by atoms with E-state index in [0.717, 1.165) is 42.9 Å². The van der Waals surface area contributed by atoms with Crippen LogP contribution in [0.4, 0.5) is 22.1 Å². The number of nitrogens with one attached hydrogen (secondary N) is 1. The van der Waals surface area contributed by atoms with Crippen molar-refractivity contribution in [3.05, 3.63) is 54.2 Å². The van der Waals surface area contributed by atoms with Gasteiger partial charge in [-0.1, -0.05) is 11.6 Å². The van der Waals surface area contributed by atoms with E-state index in [-0.39, 0.29) is 12.1 Å². The van der Waals surface area contributed by atoms with Crippen molar-refractivity contribution in [1.82, 2.24) is 19.9 Å². The fourth-order valence-corrected chi connectivity index (χ4v) is 4.10. The molecule has 146 valence electrons. The van der Waals surface area contributed by atoms with Gasteiger partial charge in [0.05, 0.1) is 28.6 Å². The molecule has 1 saturated heterocycles. The van der Waals surface area contributed by atoms with Gasteiger partial charge in [0.25, 0.3) is 0 Å². The van der Waals surface area contributed by atoms with E-state index < -0.39 is 0 Å². The number of fused-ring (bicyclic) bond motifs is 4. The number of anilines is 3. The summed E-state index contributed by atoms with van der Waals surface area (Å²) >= 11 is 6.10. The number of urea groups is 1. The van der Waals surface area contributed by atoms with E-state index in [1.807, 2.05) is 18.2 Å². The Bertz CT molecular complexity index is 1060. The van der Waals surface area contributed by atoms with E-state index in [1.54, 1.807) is 29.7 Å². The van der Waals surface area contributed by atoms with Gasteiger partial charge in [-0.2, -0.15) is 0 Å². The molecule has 1 atom stereocenters. The Hall–Kier alpha value is -3.26. The zero-order chi connectivity index (χ0) is 19.8. The topological polar surface area (TPSA) is 87.1 Å². The van der Waals surface area contributed by atoms with Gasteiger partial charge >= 0.3 is 6.03 Å². The molecule has 1 fully saturated rings. The Kier molecular flexibility index (Phi) is 4.48. The molecule has 0 aromatic carbocycles. The van der Waals surface area contributed by atoms with Crippen LogP contribution in [0.2, 0.25) is 5.02 Å². The highest BCUT2D eigenvalue weighted by Gasteiger charge is 2.38. The van der Waals surface area contributed by atoms with Gasteiger partial charge in [0.1, 0.15) is 0 Å². The van der Waals surface area contributed by atoms with Gasteiger partial charge in [-0.25, -0.2) is 14.8 Å². The molecule has 29 heavy (non-hydrogen) atoms. The van der Waals surface area contributed by atoms with Crippen LogP contribution in [0.1, 0.15) is 12.8 Å². The van der Waals surface area contributed by atoms with Crippen molar-refractivity contribution in [1.29, 1.82) is 0 Å². The van der Waals surface area contributed by atoms with Gasteiger partial charge < -0.3 is 4.90 Å². The van der Waals surface area contributed by atoms with E-state index in [2.05, 4.69) is 25.2 Å². The van der Waals surface area contributed by atoms with Gasteiger partial charge in [-0.05, 0) is 31.0 Å². The summed E-state index contributed by atoms with van der Waals surface area (Å²) in [5.74, 6) is 1.05. The third-order valence-electron chi connectivity index (χ3n) is 5.20. The molecule has 0 aliphatic carbocycles. The Morgan fingerprint density at radius 1 is 1.17 bits per heavy atom. The Morgan fingerprint density at radius 2 is 2.10 bits per heavy atom. The fourth-order valence-electron chi connectivity index (χ4n) is 3.93. The maximum Gasteiger partial charge on any atom is 0.329 e. The Labute approximate surface area is 172 Å². The second-order valence-corrected chi connectivity index (χ2v) is 7.50. The molecule has 0 saturated carbocycles. The number of nitrogens with zero attached hydrogens (tertiary/aromatic N) is 6. The molecular formula is C20H18ClN7O. The highest BCUT2D eigenvalue weighted by atomic mass is 35.5. The summed E-state index contributed by atoms with van der Waals surface area (Å²) in [4.78, 5) is 34.4. The molecule has 3 aromatic heterocycles. The Morgan fingerprint density at radius 3 is 2.93 bits per heavy atom. The van der Waals surface area contributed by atoms with Crippen molar-refractivity contribution in [2.24, 2.45) is 0 Å². The summed E-state index contributed by atoms with van der Waals surface area (Å²) < 4.78 is 0. The van der Waals surface area contributed by atoms with Crippen molar-refractivity contribution < 1.29 is 4.79 Å². The standard InChI is InChI=1S/C20H18ClN7O/c21-14-8-13(9-23-10-14)16-3-4-17-19(25-16)28(15-2-1-7-27(17)12-15)20(29)26-18-11-22-5-6-24-18/h3-6,8-11,15H,1-2,7,12H2,(H,24,26,29)/t15-/m0/s1. The third kappa shape index (κ3) is 3.36. The molecule has 5 rings (SSSR count). The summed E-state index contributed by atoms with van der Waals surface area (Å²) in [5.41, 5.74) is 2.48. The van der Waals surface area contributed by atoms with Crippen LogP contribution in [0.3, 0.4) is 0 Å². The lowest BCUT2D eigenvalue weighted by atomic mass is 9.99. The van der Waals surface area contributed by atoms with Gasteiger partial charge in [0, 0.05) is 43.4 Å². The molecule has 5 heterocycles. The zero-order valence-electron chi connectivity index (χ0n) is 15.5. The van der Waals surface area contributed by atoms with Crippen LogP contribution < -0.4 is 15.1 Å². The maximum absolute atomic E-state index is 13.2. The van der Waals surface area contributed by atoms with Crippen molar-refractivity contribution in [2.45, 2.75) is 18.9 Å². The summed E-state index contributed by atoms with van der Waals surface area (Å²) in [6.45, 7) is 1.75. The van der Waals surface area contributed by atoms with Crippen LogP contribution in [0.15, 0.2) is 49.2 Å². The van der Waals surface area contributed by atoms with Crippen molar-refractivity contribution in [2.75, 3.05) is 28.2 Å². The molecule has 1 N–H and O–H groups in total. The first-order valence-electron chi connectivity index (χ1n) is 9.42. The molecule has 2 aliphatic heterocycles. The smallest absolute Gasteiger partial charge is 0.329 e. The minimum Gasteiger partial charge on any atom is -0.366 e. The molecule has 8 nitrogen and oxygen atoms in total. The summed E-state index contributed by atoms with van der Waals surface area (Å²) in [6, 6.07) is 5.57. The number of hydrogen-bond donors (Lipinski definition) is 1. The monoisotopic (exact) mass is 407 g/mol. The molecule has 2 bridgehead atoms. The van der Waals surface area contributed by atoms with Crippen LogP contribution in [0.25, 0.3) is 11.3 Å². The second kappa shape index (κ2) is 7.29. The van der Waals surface area contributed by atoms with Crippen LogP contribution in [0, 0.1) is 0 Å². The van der Waals surface area contributed by atoms with Gasteiger partial charge in [-0.3, -0.25) is 20.2 Å². The Balaban J connectivity index is 1.56. The molecule has 0 spiro atoms. The van der Waals surface area contributed by atoms with Crippen molar-refractivity contribution in [3.8, 4) is 11.3 Å². The molecule has 2 aliphatic rings. The highest BCUT2D eigenvalue weighted by molar-refractivity contribution is 6.30. The number of halogens is 1. The molecule has 0 radical (unpaired) electrons. The van der Waals surface area contributed by atoms with Crippen LogP contribution >= 0.6 is 11.6 Å². The predicted molar refractivity (Wildman–Crippen MR) is 111 cm³/mol. The highest BCUT2D eigenvalue weighted by Crippen LogP contribution is 2.39. The predicted octanol–water partition coefficient (Wildman–Crippen LogP) is 3.61. The first-order valence-corrected chi connectivity index (χ1v) is 9.80. The van der Waals surface area contributed by atoms with Crippen molar-refractivity contribution in [3.63, 3.8) is 0 Å². The minimum atomic E-state index is -0.257. The van der Waals surface area contributed by atoms with E-state index in [4.69, 9.17) is 16.6 Å². The molecular weight excluding hydrogens is 390 g/mol. The molecule has 3 aromatic rings. The third-order valence-corrected chi connectivity index (χ3v) is 5.41. The summed E-state index contributed by atoms with van der Waals surface area (Å²) in [7, 11) is 0. The van der Waals surface area contributed by atoms with E-state index >= 15 is 0 Å². The van der Waals surface area contributed by atoms with E-state index in [1.165, 1.54) is 6.20 Å². The first kappa shape index (κ1) is 17.8. The van der Waals surface area contributed by atoms with Gasteiger partial charge in [0.15, 0.2) is 11.6 Å². The van der Waals surface area contributed by atoms with Crippen LogP contribution in [-0.2, 0) is 0 Å². The van der Waals surface area contributed by atoms with Crippen LogP contribution in [0.5, 0.6) is 0 Å². The zero-order valence-corrected chi connectivity index (χ0v) is 16.3. The number of rotatable bonds is 2. The van der Waals surface area contributed by atoms with Gasteiger partial charge in [-0.15, -0.1) is 0 Å². The number of carbonyl (C=O) groups is 1. The normalized spacial score (nSPS) is 17.6. The summed E-state index contributed by atoms with van der Waals surface area (Å²) in [6.07, 6.45) is 9.89. The van der Waals surface area contributed by atoms with E-state index in [0.29, 0.717) is 16.7 Å². The lowest BCUT2D eigenvalue weighted by Crippen LogP contribution is -2.56. The fraction of sp³-hybridized carbons (Fsp3) is 0.250. The quantitative estimate of drug-likeness (QED) is 0.698. The number of hydrogen-bond acceptors (Lipinski definition) is 6. The molecule has 2 amide bonds. The number of aromatic nitrogens is 4. The lowest BCUT2D eigenvalue weighted by Gasteiger charge is -2.45. The minimum absolute atomic E-state index is 0.0492. The number of pyridine rings is 2. The molecule has 9 heteroatoms. The second-order valence-electron chi connectivity index (χ2n) is 7.06.